The van der Waals surface area contributed by atoms with Crippen LogP contribution in [0, 0.1) is 0 Å². The van der Waals surface area contributed by atoms with Crippen molar-refractivity contribution in [3.05, 3.63) is 47.8 Å². The maximum atomic E-state index is 11.9. The Labute approximate surface area is 106 Å². The molecule has 18 heavy (non-hydrogen) atoms. The van der Waals surface area contributed by atoms with Crippen LogP contribution < -0.4 is 11.1 Å². The number of anilines is 1. The lowest BCUT2D eigenvalue weighted by Gasteiger charge is -2.04. The largest absolute Gasteiger partial charge is 0.330 e. The number of hydrogen-bond donors (Lipinski definition) is 2. The molecule has 0 unspecified atom stereocenters. The van der Waals surface area contributed by atoms with Gasteiger partial charge in [0.1, 0.15) is 0 Å². The van der Waals surface area contributed by atoms with Gasteiger partial charge in [0.15, 0.2) is 0 Å². The van der Waals surface area contributed by atoms with Gasteiger partial charge in [-0.3, -0.25) is 9.48 Å². The Bertz CT molecular complexity index is 530. The zero-order chi connectivity index (χ0) is 13.0. The summed E-state index contributed by atoms with van der Waals surface area (Å²) in [5, 5.41) is 6.78. The van der Waals surface area contributed by atoms with Gasteiger partial charge in [0, 0.05) is 18.9 Å². The molecule has 0 atom stereocenters. The van der Waals surface area contributed by atoms with E-state index in [1.807, 2.05) is 24.3 Å². The van der Waals surface area contributed by atoms with Crippen molar-refractivity contribution in [2.24, 2.45) is 12.8 Å². The van der Waals surface area contributed by atoms with Crippen molar-refractivity contribution >= 4 is 11.6 Å². The van der Waals surface area contributed by atoms with E-state index in [1.54, 1.807) is 17.9 Å². The molecule has 2 aromatic rings. The average molecular weight is 244 g/mol. The summed E-state index contributed by atoms with van der Waals surface area (Å²) in [6.07, 6.45) is 4.06. The second kappa shape index (κ2) is 5.46. The standard InChI is InChI=1S/C13H16N4O/c1-17-9-11(8-15-17)13(18)16-12-4-2-10(3-5-12)6-7-14/h2-5,8-9H,6-7,14H2,1H3,(H,16,18). The molecular formula is C13H16N4O. The number of benzene rings is 1. The third-order valence-corrected chi connectivity index (χ3v) is 2.61. The van der Waals surface area contributed by atoms with Gasteiger partial charge in [-0.15, -0.1) is 0 Å². The summed E-state index contributed by atoms with van der Waals surface area (Å²) in [4.78, 5) is 11.9. The van der Waals surface area contributed by atoms with Crippen LogP contribution in [0.4, 0.5) is 5.69 Å². The first-order valence-corrected chi connectivity index (χ1v) is 5.78. The van der Waals surface area contributed by atoms with E-state index < -0.39 is 0 Å². The SMILES string of the molecule is Cn1cc(C(=O)Nc2ccc(CCN)cc2)cn1. The molecule has 0 aliphatic heterocycles. The van der Waals surface area contributed by atoms with Gasteiger partial charge in [0.05, 0.1) is 11.8 Å². The van der Waals surface area contributed by atoms with Crippen molar-refractivity contribution in [3.8, 4) is 0 Å². The molecule has 3 N–H and O–H groups in total. The van der Waals surface area contributed by atoms with Gasteiger partial charge in [-0.25, -0.2) is 0 Å². The van der Waals surface area contributed by atoms with Crippen LogP contribution in [0.2, 0.25) is 0 Å². The predicted octanol–water partition coefficient (Wildman–Crippen LogP) is 1.17. The molecule has 1 heterocycles. The van der Waals surface area contributed by atoms with E-state index in [2.05, 4.69) is 10.4 Å². The van der Waals surface area contributed by atoms with E-state index in [4.69, 9.17) is 5.73 Å². The molecule has 0 saturated carbocycles. The first-order valence-electron chi connectivity index (χ1n) is 5.78. The van der Waals surface area contributed by atoms with Gasteiger partial charge in [-0.1, -0.05) is 12.1 Å². The normalized spacial score (nSPS) is 10.3. The monoisotopic (exact) mass is 244 g/mol. The van der Waals surface area contributed by atoms with Crippen molar-refractivity contribution in [1.82, 2.24) is 9.78 Å². The molecule has 5 nitrogen and oxygen atoms in total. The predicted molar refractivity (Wildman–Crippen MR) is 70.4 cm³/mol. The quantitative estimate of drug-likeness (QED) is 0.848. The molecule has 2 rings (SSSR count). The lowest BCUT2D eigenvalue weighted by atomic mass is 10.1. The van der Waals surface area contributed by atoms with Crippen LogP contribution in [0.1, 0.15) is 15.9 Å². The summed E-state index contributed by atoms with van der Waals surface area (Å²) in [6, 6.07) is 7.68. The fourth-order valence-electron chi connectivity index (χ4n) is 1.66. The lowest BCUT2D eigenvalue weighted by molar-refractivity contribution is 0.102. The minimum Gasteiger partial charge on any atom is -0.330 e. The topological polar surface area (TPSA) is 72.9 Å². The number of nitrogens with one attached hydrogen (secondary N) is 1. The highest BCUT2D eigenvalue weighted by Crippen LogP contribution is 2.11. The van der Waals surface area contributed by atoms with Crippen molar-refractivity contribution in [3.63, 3.8) is 0 Å². The molecule has 5 heteroatoms. The van der Waals surface area contributed by atoms with Crippen LogP contribution in [-0.4, -0.2) is 22.2 Å². The van der Waals surface area contributed by atoms with E-state index in [-0.39, 0.29) is 5.91 Å². The van der Waals surface area contributed by atoms with Crippen molar-refractivity contribution in [2.45, 2.75) is 6.42 Å². The molecule has 0 spiro atoms. The molecule has 1 amide bonds. The molecule has 0 radical (unpaired) electrons. The minimum atomic E-state index is -0.158. The van der Waals surface area contributed by atoms with E-state index in [0.717, 1.165) is 17.7 Å². The van der Waals surface area contributed by atoms with Gasteiger partial charge in [-0.05, 0) is 30.7 Å². The van der Waals surface area contributed by atoms with Crippen LogP contribution >= 0.6 is 0 Å². The van der Waals surface area contributed by atoms with Gasteiger partial charge in [-0.2, -0.15) is 5.10 Å². The Kier molecular flexibility index (Phi) is 3.74. The van der Waals surface area contributed by atoms with Gasteiger partial charge in [0.2, 0.25) is 0 Å². The number of nitrogens with zero attached hydrogens (tertiary/aromatic N) is 2. The zero-order valence-corrected chi connectivity index (χ0v) is 10.3. The van der Waals surface area contributed by atoms with Crippen LogP contribution in [-0.2, 0) is 13.5 Å². The molecule has 0 fully saturated rings. The van der Waals surface area contributed by atoms with E-state index in [9.17, 15) is 4.79 Å². The number of amides is 1. The molecule has 0 aliphatic carbocycles. The maximum Gasteiger partial charge on any atom is 0.258 e. The number of nitrogens with two attached hydrogens (primary N) is 1. The summed E-state index contributed by atoms with van der Waals surface area (Å²) >= 11 is 0. The molecule has 0 bridgehead atoms. The molecule has 94 valence electrons. The van der Waals surface area contributed by atoms with Gasteiger partial charge in [0.25, 0.3) is 5.91 Å². The zero-order valence-electron chi connectivity index (χ0n) is 10.3. The molecule has 0 saturated heterocycles. The van der Waals surface area contributed by atoms with Crippen molar-refractivity contribution < 1.29 is 4.79 Å². The van der Waals surface area contributed by atoms with Gasteiger partial charge < -0.3 is 11.1 Å². The first-order chi connectivity index (χ1) is 8.69. The number of hydrogen-bond acceptors (Lipinski definition) is 3. The third-order valence-electron chi connectivity index (χ3n) is 2.61. The maximum absolute atomic E-state index is 11.9. The lowest BCUT2D eigenvalue weighted by Crippen LogP contribution is -2.11. The summed E-state index contributed by atoms with van der Waals surface area (Å²) in [5.41, 5.74) is 7.96. The second-order valence-electron chi connectivity index (χ2n) is 4.09. The highest BCUT2D eigenvalue weighted by molar-refractivity contribution is 6.03. The number of rotatable bonds is 4. The Hall–Kier alpha value is -2.14. The van der Waals surface area contributed by atoms with Crippen LogP contribution in [0.25, 0.3) is 0 Å². The van der Waals surface area contributed by atoms with Crippen LogP contribution in [0.5, 0.6) is 0 Å². The second-order valence-corrected chi connectivity index (χ2v) is 4.09. The van der Waals surface area contributed by atoms with Crippen molar-refractivity contribution in [1.29, 1.82) is 0 Å². The fraction of sp³-hybridized carbons (Fsp3) is 0.231. The highest BCUT2D eigenvalue weighted by atomic mass is 16.1. The van der Waals surface area contributed by atoms with E-state index in [0.29, 0.717) is 12.1 Å². The summed E-state index contributed by atoms with van der Waals surface area (Å²) in [6.45, 7) is 0.626. The number of carbonyl (C=O) groups excluding carboxylic acids is 1. The summed E-state index contributed by atoms with van der Waals surface area (Å²) < 4.78 is 1.60. The number of carbonyl (C=O) groups is 1. The average Bonchev–Trinajstić information content (AvgIpc) is 2.79. The molecular weight excluding hydrogens is 228 g/mol. The molecule has 1 aromatic carbocycles. The minimum absolute atomic E-state index is 0.158. The number of aryl methyl sites for hydroxylation is 1. The van der Waals surface area contributed by atoms with E-state index >= 15 is 0 Å². The smallest absolute Gasteiger partial charge is 0.258 e. The molecule has 0 aliphatic rings. The Morgan fingerprint density at radius 1 is 1.39 bits per heavy atom. The fourth-order valence-corrected chi connectivity index (χ4v) is 1.66. The van der Waals surface area contributed by atoms with E-state index in [1.165, 1.54) is 6.20 Å². The summed E-state index contributed by atoms with van der Waals surface area (Å²) in [5.74, 6) is -0.158. The number of aromatic nitrogens is 2. The van der Waals surface area contributed by atoms with Crippen LogP contribution in [0.3, 0.4) is 0 Å². The van der Waals surface area contributed by atoms with Gasteiger partial charge >= 0.3 is 0 Å². The third kappa shape index (κ3) is 2.95. The first kappa shape index (κ1) is 12.3. The molecule has 1 aromatic heterocycles. The highest BCUT2D eigenvalue weighted by Gasteiger charge is 2.07. The van der Waals surface area contributed by atoms with Crippen LogP contribution in [0.15, 0.2) is 36.7 Å². The summed E-state index contributed by atoms with van der Waals surface area (Å²) in [7, 11) is 1.78. The Morgan fingerprint density at radius 3 is 2.67 bits per heavy atom. The Balaban J connectivity index is 2.03. The van der Waals surface area contributed by atoms with Crippen molar-refractivity contribution in [2.75, 3.05) is 11.9 Å². The Morgan fingerprint density at radius 2 is 2.11 bits per heavy atom.